The average Bonchev–Trinajstić information content (AvgIpc) is 2.84. The Morgan fingerprint density at radius 2 is 2.20 bits per heavy atom. The molecule has 0 atom stereocenters. The summed E-state index contributed by atoms with van der Waals surface area (Å²) in [6.07, 6.45) is 0. The maximum atomic E-state index is 11.9. The van der Waals surface area contributed by atoms with Crippen LogP contribution < -0.4 is 5.73 Å². The third-order valence-electron chi connectivity index (χ3n) is 2.05. The van der Waals surface area contributed by atoms with Crippen molar-refractivity contribution in [3.63, 3.8) is 0 Å². The minimum Gasteiger partial charge on any atom is -0.456 e. The van der Waals surface area contributed by atoms with Gasteiger partial charge in [-0.3, -0.25) is 4.79 Å². The molecule has 0 saturated carbocycles. The Bertz CT molecular complexity index is 484. The maximum absolute atomic E-state index is 11.9. The van der Waals surface area contributed by atoms with Crippen LogP contribution in [0.25, 0.3) is 0 Å². The zero-order chi connectivity index (χ0) is 10.8. The first kappa shape index (κ1) is 10.1. The molecule has 0 aliphatic heterocycles. The van der Waals surface area contributed by atoms with E-state index in [-0.39, 0.29) is 5.78 Å². The van der Waals surface area contributed by atoms with Gasteiger partial charge in [-0.05, 0) is 31.2 Å². The highest BCUT2D eigenvalue weighted by atomic mass is 32.1. The molecule has 2 heterocycles. The van der Waals surface area contributed by atoms with Crippen LogP contribution in [-0.2, 0) is 6.54 Å². The Hall–Kier alpha value is -1.39. The Morgan fingerprint density at radius 1 is 1.40 bits per heavy atom. The lowest BCUT2D eigenvalue weighted by molar-refractivity contribution is 0.101. The third kappa shape index (κ3) is 2.00. The summed E-state index contributed by atoms with van der Waals surface area (Å²) < 4.78 is 5.29. The van der Waals surface area contributed by atoms with Crippen LogP contribution in [0.4, 0.5) is 0 Å². The second-order valence-corrected chi connectivity index (χ2v) is 4.50. The van der Waals surface area contributed by atoms with Gasteiger partial charge >= 0.3 is 0 Å². The molecule has 0 fully saturated rings. The molecule has 15 heavy (non-hydrogen) atoms. The van der Waals surface area contributed by atoms with E-state index in [9.17, 15) is 4.79 Å². The van der Waals surface area contributed by atoms with Crippen molar-refractivity contribution in [2.24, 2.45) is 5.73 Å². The molecule has 4 heteroatoms. The predicted molar refractivity (Wildman–Crippen MR) is 59.1 cm³/mol. The molecule has 0 aliphatic rings. The lowest BCUT2D eigenvalue weighted by Gasteiger charge is -1.92. The van der Waals surface area contributed by atoms with E-state index in [1.54, 1.807) is 12.1 Å². The van der Waals surface area contributed by atoms with Gasteiger partial charge < -0.3 is 10.2 Å². The summed E-state index contributed by atoms with van der Waals surface area (Å²) in [7, 11) is 0. The summed E-state index contributed by atoms with van der Waals surface area (Å²) in [5.74, 6) is 0.914. The van der Waals surface area contributed by atoms with Crippen molar-refractivity contribution < 1.29 is 9.21 Å². The number of hydrogen-bond donors (Lipinski definition) is 1. The molecule has 0 amide bonds. The Kier molecular flexibility index (Phi) is 2.70. The van der Waals surface area contributed by atoms with E-state index in [1.165, 1.54) is 11.3 Å². The SMILES string of the molecule is Cc1ccc(C(=O)c2ccc(CN)o2)s1. The van der Waals surface area contributed by atoms with Crippen molar-refractivity contribution in [1.82, 2.24) is 0 Å². The fourth-order valence-electron chi connectivity index (χ4n) is 1.29. The van der Waals surface area contributed by atoms with E-state index in [0.717, 1.165) is 4.88 Å². The van der Waals surface area contributed by atoms with Crippen molar-refractivity contribution in [1.29, 1.82) is 0 Å². The molecule has 0 aliphatic carbocycles. The molecular formula is C11H11NO2S. The summed E-state index contributed by atoms with van der Waals surface area (Å²) in [5, 5.41) is 0. The molecule has 0 unspecified atom stereocenters. The molecule has 78 valence electrons. The maximum Gasteiger partial charge on any atom is 0.238 e. The molecule has 2 aromatic heterocycles. The van der Waals surface area contributed by atoms with Crippen LogP contribution in [0, 0.1) is 6.92 Å². The zero-order valence-electron chi connectivity index (χ0n) is 8.32. The molecule has 2 rings (SSSR count). The summed E-state index contributed by atoms with van der Waals surface area (Å²) in [6.45, 7) is 2.28. The number of ketones is 1. The van der Waals surface area contributed by atoms with Crippen LogP contribution >= 0.6 is 11.3 Å². The highest BCUT2D eigenvalue weighted by Gasteiger charge is 2.14. The number of hydrogen-bond acceptors (Lipinski definition) is 4. The average molecular weight is 221 g/mol. The van der Waals surface area contributed by atoms with Crippen LogP contribution in [0.5, 0.6) is 0 Å². The van der Waals surface area contributed by atoms with E-state index in [4.69, 9.17) is 10.2 Å². The fraction of sp³-hybridized carbons (Fsp3) is 0.182. The highest BCUT2D eigenvalue weighted by Crippen LogP contribution is 2.20. The predicted octanol–water partition coefficient (Wildman–Crippen LogP) is 2.34. The second kappa shape index (κ2) is 4.00. The van der Waals surface area contributed by atoms with Gasteiger partial charge in [0.05, 0.1) is 11.4 Å². The van der Waals surface area contributed by atoms with E-state index in [1.807, 2.05) is 19.1 Å². The van der Waals surface area contributed by atoms with E-state index in [2.05, 4.69) is 0 Å². The van der Waals surface area contributed by atoms with Gasteiger partial charge in [0.25, 0.3) is 0 Å². The largest absolute Gasteiger partial charge is 0.456 e. The minimum atomic E-state index is -0.0761. The second-order valence-electron chi connectivity index (χ2n) is 3.21. The number of furan rings is 1. The van der Waals surface area contributed by atoms with E-state index >= 15 is 0 Å². The highest BCUT2D eigenvalue weighted by molar-refractivity contribution is 7.14. The number of thiophene rings is 1. The summed E-state index contributed by atoms with van der Waals surface area (Å²) in [6, 6.07) is 7.13. The molecule has 0 radical (unpaired) electrons. The van der Waals surface area contributed by atoms with Crippen molar-refractivity contribution in [2.75, 3.05) is 0 Å². The first-order valence-electron chi connectivity index (χ1n) is 4.60. The molecule has 0 spiro atoms. The monoisotopic (exact) mass is 221 g/mol. The quantitative estimate of drug-likeness (QED) is 0.809. The van der Waals surface area contributed by atoms with Gasteiger partial charge in [-0.25, -0.2) is 0 Å². The zero-order valence-corrected chi connectivity index (χ0v) is 9.14. The van der Waals surface area contributed by atoms with Crippen molar-refractivity contribution in [2.45, 2.75) is 13.5 Å². The number of carbonyl (C=O) groups is 1. The van der Waals surface area contributed by atoms with Crippen LogP contribution in [0.2, 0.25) is 0 Å². The molecular weight excluding hydrogens is 210 g/mol. The van der Waals surface area contributed by atoms with E-state index in [0.29, 0.717) is 22.9 Å². The summed E-state index contributed by atoms with van der Waals surface area (Å²) in [4.78, 5) is 13.7. The van der Waals surface area contributed by atoms with Gasteiger partial charge in [0.15, 0.2) is 5.76 Å². The molecule has 2 N–H and O–H groups in total. The van der Waals surface area contributed by atoms with Gasteiger partial charge in [0.2, 0.25) is 5.78 Å². The Balaban J connectivity index is 2.28. The number of carbonyl (C=O) groups excluding carboxylic acids is 1. The number of rotatable bonds is 3. The fourth-order valence-corrected chi connectivity index (χ4v) is 2.10. The molecule has 3 nitrogen and oxygen atoms in total. The third-order valence-corrected chi connectivity index (χ3v) is 3.05. The molecule has 0 aromatic carbocycles. The van der Waals surface area contributed by atoms with Gasteiger partial charge in [-0.15, -0.1) is 11.3 Å². The summed E-state index contributed by atoms with van der Waals surface area (Å²) in [5.41, 5.74) is 5.40. The van der Waals surface area contributed by atoms with E-state index < -0.39 is 0 Å². The van der Waals surface area contributed by atoms with Crippen molar-refractivity contribution in [3.05, 3.63) is 45.5 Å². The molecule has 0 saturated heterocycles. The lowest BCUT2D eigenvalue weighted by atomic mass is 10.2. The van der Waals surface area contributed by atoms with Gasteiger partial charge in [0.1, 0.15) is 5.76 Å². The molecule has 2 aromatic rings. The Morgan fingerprint density at radius 3 is 2.73 bits per heavy atom. The molecule has 0 bridgehead atoms. The van der Waals surface area contributed by atoms with Gasteiger partial charge in [-0.2, -0.15) is 0 Å². The van der Waals surface area contributed by atoms with Gasteiger partial charge in [0, 0.05) is 4.88 Å². The van der Waals surface area contributed by atoms with Crippen LogP contribution in [0.3, 0.4) is 0 Å². The van der Waals surface area contributed by atoms with Crippen molar-refractivity contribution in [3.8, 4) is 0 Å². The summed E-state index contributed by atoms with van der Waals surface area (Å²) >= 11 is 1.47. The normalized spacial score (nSPS) is 10.5. The standard InChI is InChI=1S/C11H11NO2S/c1-7-2-5-10(15-7)11(13)9-4-3-8(6-12)14-9/h2-5H,6,12H2,1H3. The minimum absolute atomic E-state index is 0.0761. The number of nitrogens with two attached hydrogens (primary N) is 1. The first-order chi connectivity index (χ1) is 7.20. The topological polar surface area (TPSA) is 56.2 Å². The van der Waals surface area contributed by atoms with Crippen LogP contribution in [0.1, 0.15) is 26.1 Å². The number of aryl methyl sites for hydroxylation is 1. The first-order valence-corrected chi connectivity index (χ1v) is 5.42. The smallest absolute Gasteiger partial charge is 0.238 e. The lowest BCUT2D eigenvalue weighted by Crippen LogP contribution is -1.97. The van der Waals surface area contributed by atoms with Crippen LogP contribution in [0.15, 0.2) is 28.7 Å². The van der Waals surface area contributed by atoms with Gasteiger partial charge in [-0.1, -0.05) is 0 Å². The van der Waals surface area contributed by atoms with Crippen molar-refractivity contribution >= 4 is 17.1 Å². The Labute approximate surface area is 91.5 Å². The van der Waals surface area contributed by atoms with Crippen LogP contribution in [-0.4, -0.2) is 5.78 Å².